The van der Waals surface area contributed by atoms with E-state index in [-0.39, 0.29) is 6.03 Å². The quantitative estimate of drug-likeness (QED) is 0.169. The Kier molecular flexibility index (Phi) is 7.24. The number of hydrazine groups is 1. The summed E-state index contributed by atoms with van der Waals surface area (Å²) in [6, 6.07) is -0.595. The van der Waals surface area contributed by atoms with E-state index in [1.807, 2.05) is 5.43 Å². The van der Waals surface area contributed by atoms with Gasteiger partial charge in [-0.15, -0.1) is 0 Å². The van der Waals surface area contributed by atoms with Crippen LogP contribution in [0, 0.1) is 0 Å². The number of carbonyl (C=O) groups excluding carboxylic acids is 2. The zero-order valence-electron chi connectivity index (χ0n) is 8.22. The SMILES string of the molecule is CNC(=O)NCCCCNC(=O)NN. The number of nitrogens with two attached hydrogens (primary N) is 1. The molecule has 0 saturated carbocycles. The third-order valence-corrected chi connectivity index (χ3v) is 1.53. The molecule has 0 rings (SSSR count). The van der Waals surface area contributed by atoms with Gasteiger partial charge in [0.2, 0.25) is 0 Å². The molecular formula is C7H17N5O2. The van der Waals surface area contributed by atoms with Crippen molar-refractivity contribution in [2.45, 2.75) is 12.8 Å². The number of amides is 4. The van der Waals surface area contributed by atoms with Crippen LogP contribution in [0.1, 0.15) is 12.8 Å². The molecule has 0 aromatic carbocycles. The van der Waals surface area contributed by atoms with Crippen LogP contribution in [-0.2, 0) is 0 Å². The Bertz CT molecular complexity index is 165. The van der Waals surface area contributed by atoms with Crippen molar-refractivity contribution < 1.29 is 9.59 Å². The molecule has 0 spiro atoms. The number of unbranched alkanes of at least 4 members (excludes halogenated alkanes) is 1. The molecule has 0 aliphatic rings. The van der Waals surface area contributed by atoms with Gasteiger partial charge in [0.25, 0.3) is 0 Å². The summed E-state index contributed by atoms with van der Waals surface area (Å²) in [7, 11) is 1.56. The topological polar surface area (TPSA) is 108 Å². The highest BCUT2D eigenvalue weighted by atomic mass is 16.2. The predicted molar refractivity (Wildman–Crippen MR) is 52.4 cm³/mol. The Hall–Kier alpha value is -1.50. The number of urea groups is 2. The Morgan fingerprint density at radius 2 is 1.57 bits per heavy atom. The molecule has 0 fully saturated rings. The molecule has 0 heterocycles. The zero-order chi connectivity index (χ0) is 10.8. The van der Waals surface area contributed by atoms with Crippen LogP contribution in [0.2, 0.25) is 0 Å². The molecule has 0 bridgehead atoms. The van der Waals surface area contributed by atoms with Gasteiger partial charge < -0.3 is 16.0 Å². The summed E-state index contributed by atoms with van der Waals surface area (Å²) in [5.41, 5.74) is 1.95. The lowest BCUT2D eigenvalue weighted by molar-refractivity contribution is 0.239. The van der Waals surface area contributed by atoms with Gasteiger partial charge in [0.15, 0.2) is 0 Å². The molecule has 0 aromatic rings. The van der Waals surface area contributed by atoms with Crippen LogP contribution in [0.25, 0.3) is 0 Å². The zero-order valence-corrected chi connectivity index (χ0v) is 8.22. The summed E-state index contributed by atoms with van der Waals surface area (Å²) in [6.07, 6.45) is 1.59. The number of hydrogen-bond donors (Lipinski definition) is 5. The van der Waals surface area contributed by atoms with Gasteiger partial charge in [-0.2, -0.15) is 0 Å². The molecule has 0 radical (unpaired) electrons. The van der Waals surface area contributed by atoms with Crippen molar-refractivity contribution in [3.05, 3.63) is 0 Å². The minimum Gasteiger partial charge on any atom is -0.341 e. The van der Waals surface area contributed by atoms with E-state index >= 15 is 0 Å². The Balaban J connectivity index is 3.14. The van der Waals surface area contributed by atoms with Crippen LogP contribution >= 0.6 is 0 Å². The van der Waals surface area contributed by atoms with Crippen molar-refractivity contribution in [1.82, 2.24) is 21.4 Å². The highest BCUT2D eigenvalue weighted by Gasteiger charge is 1.96. The standard InChI is InChI=1S/C7H17N5O2/c1-9-6(13)10-4-2-3-5-11-7(14)12-8/h2-5,8H2,1H3,(H2,9,10,13)(H2,11,12,14). The van der Waals surface area contributed by atoms with Crippen molar-refractivity contribution in [2.24, 2.45) is 5.84 Å². The van der Waals surface area contributed by atoms with Crippen LogP contribution in [0.15, 0.2) is 0 Å². The minimum absolute atomic E-state index is 0.197. The van der Waals surface area contributed by atoms with E-state index in [9.17, 15) is 9.59 Å². The van der Waals surface area contributed by atoms with Crippen LogP contribution in [0.3, 0.4) is 0 Å². The molecule has 0 atom stereocenters. The molecule has 0 aliphatic heterocycles. The monoisotopic (exact) mass is 203 g/mol. The third kappa shape index (κ3) is 7.17. The summed E-state index contributed by atoms with van der Waals surface area (Å²) in [4.78, 5) is 21.3. The Morgan fingerprint density at radius 3 is 2.00 bits per heavy atom. The molecule has 14 heavy (non-hydrogen) atoms. The Morgan fingerprint density at radius 1 is 1.07 bits per heavy atom. The van der Waals surface area contributed by atoms with E-state index in [2.05, 4.69) is 16.0 Å². The fourth-order valence-electron chi connectivity index (χ4n) is 0.793. The predicted octanol–water partition coefficient (Wildman–Crippen LogP) is -1.13. The second kappa shape index (κ2) is 8.11. The molecule has 7 nitrogen and oxygen atoms in total. The maximum Gasteiger partial charge on any atom is 0.328 e. The molecule has 4 amide bonds. The summed E-state index contributed by atoms with van der Waals surface area (Å²) < 4.78 is 0. The highest BCUT2D eigenvalue weighted by Crippen LogP contribution is 1.83. The van der Waals surface area contributed by atoms with E-state index < -0.39 is 6.03 Å². The first-order valence-electron chi connectivity index (χ1n) is 4.40. The fraction of sp³-hybridized carbons (Fsp3) is 0.714. The average Bonchev–Trinajstić information content (AvgIpc) is 2.22. The summed E-state index contributed by atoms with van der Waals surface area (Å²) >= 11 is 0. The van der Waals surface area contributed by atoms with Crippen molar-refractivity contribution in [1.29, 1.82) is 0 Å². The fourth-order valence-corrected chi connectivity index (χ4v) is 0.793. The lowest BCUT2D eigenvalue weighted by Gasteiger charge is -2.05. The van der Waals surface area contributed by atoms with Gasteiger partial charge in [0.1, 0.15) is 0 Å². The van der Waals surface area contributed by atoms with Gasteiger partial charge in [0.05, 0.1) is 0 Å². The van der Waals surface area contributed by atoms with Gasteiger partial charge >= 0.3 is 12.1 Å². The molecule has 6 N–H and O–H groups in total. The smallest absolute Gasteiger partial charge is 0.328 e. The molecular weight excluding hydrogens is 186 g/mol. The first kappa shape index (κ1) is 12.5. The molecule has 0 saturated heterocycles. The lowest BCUT2D eigenvalue weighted by atomic mass is 10.3. The minimum atomic E-state index is -0.399. The Labute approximate surface area is 82.8 Å². The van der Waals surface area contributed by atoms with E-state index in [1.54, 1.807) is 7.05 Å². The molecule has 0 aliphatic carbocycles. The molecule has 82 valence electrons. The summed E-state index contributed by atoms with van der Waals surface area (Å²) in [5.74, 6) is 4.84. The van der Waals surface area contributed by atoms with Crippen molar-refractivity contribution >= 4 is 12.1 Å². The van der Waals surface area contributed by atoms with Crippen molar-refractivity contribution in [2.75, 3.05) is 20.1 Å². The number of nitrogens with one attached hydrogen (secondary N) is 4. The molecule has 7 heteroatoms. The van der Waals surface area contributed by atoms with Crippen molar-refractivity contribution in [3.63, 3.8) is 0 Å². The summed E-state index contributed by atoms with van der Waals surface area (Å²) in [5, 5.41) is 7.60. The van der Waals surface area contributed by atoms with E-state index in [4.69, 9.17) is 5.84 Å². The van der Waals surface area contributed by atoms with Gasteiger partial charge in [-0.05, 0) is 12.8 Å². The largest absolute Gasteiger partial charge is 0.341 e. The van der Waals surface area contributed by atoms with Crippen LogP contribution in [-0.4, -0.2) is 32.2 Å². The second-order valence-electron chi connectivity index (χ2n) is 2.61. The van der Waals surface area contributed by atoms with Gasteiger partial charge in [-0.3, -0.25) is 5.43 Å². The third-order valence-electron chi connectivity index (χ3n) is 1.53. The maximum atomic E-state index is 10.7. The first-order valence-corrected chi connectivity index (χ1v) is 4.40. The van der Waals surface area contributed by atoms with E-state index in [0.29, 0.717) is 13.1 Å². The summed E-state index contributed by atoms with van der Waals surface area (Å²) in [6.45, 7) is 1.13. The first-order chi connectivity index (χ1) is 6.70. The second-order valence-corrected chi connectivity index (χ2v) is 2.61. The molecule has 0 aromatic heterocycles. The van der Waals surface area contributed by atoms with E-state index in [0.717, 1.165) is 12.8 Å². The number of carbonyl (C=O) groups is 2. The lowest BCUT2D eigenvalue weighted by Crippen LogP contribution is -2.40. The van der Waals surface area contributed by atoms with Crippen LogP contribution in [0.4, 0.5) is 9.59 Å². The maximum absolute atomic E-state index is 10.7. The molecule has 0 unspecified atom stereocenters. The van der Waals surface area contributed by atoms with Crippen molar-refractivity contribution in [3.8, 4) is 0 Å². The van der Waals surface area contributed by atoms with Crippen LogP contribution < -0.4 is 27.2 Å². The van der Waals surface area contributed by atoms with Crippen LogP contribution in [0.5, 0.6) is 0 Å². The normalized spacial score (nSPS) is 9.00. The number of hydrogen-bond acceptors (Lipinski definition) is 3. The average molecular weight is 203 g/mol. The number of rotatable bonds is 5. The highest BCUT2D eigenvalue weighted by molar-refractivity contribution is 5.73. The van der Waals surface area contributed by atoms with Gasteiger partial charge in [0, 0.05) is 20.1 Å². The van der Waals surface area contributed by atoms with E-state index in [1.165, 1.54) is 0 Å². The van der Waals surface area contributed by atoms with Gasteiger partial charge in [-0.25, -0.2) is 15.4 Å². The van der Waals surface area contributed by atoms with Gasteiger partial charge in [-0.1, -0.05) is 0 Å².